The summed E-state index contributed by atoms with van der Waals surface area (Å²) in [6, 6.07) is 4.84. The van der Waals surface area contributed by atoms with Gasteiger partial charge in [-0.1, -0.05) is 19.4 Å². The van der Waals surface area contributed by atoms with E-state index >= 15 is 0 Å². The van der Waals surface area contributed by atoms with Crippen LogP contribution in [0.5, 0.6) is 0 Å². The number of hydrogen-bond donors (Lipinski definition) is 2. The van der Waals surface area contributed by atoms with Crippen molar-refractivity contribution in [1.29, 1.82) is 0 Å². The van der Waals surface area contributed by atoms with E-state index in [2.05, 4.69) is 10.0 Å². The molecule has 1 rings (SSSR count). The Kier molecular flexibility index (Phi) is 5.50. The summed E-state index contributed by atoms with van der Waals surface area (Å²) in [7, 11) is -3.52. The van der Waals surface area contributed by atoms with Gasteiger partial charge in [-0.25, -0.2) is 13.1 Å². The van der Waals surface area contributed by atoms with Gasteiger partial charge in [-0.2, -0.15) is 0 Å². The van der Waals surface area contributed by atoms with Gasteiger partial charge in [0.2, 0.25) is 15.9 Å². The summed E-state index contributed by atoms with van der Waals surface area (Å²) in [5, 5.41) is 2.58. The summed E-state index contributed by atoms with van der Waals surface area (Å²) in [5.74, 6) is -0.230. The van der Waals surface area contributed by atoms with Crippen LogP contribution in [0.3, 0.4) is 0 Å². The fourth-order valence-electron chi connectivity index (χ4n) is 1.63. The summed E-state index contributed by atoms with van der Waals surface area (Å²) < 4.78 is 26.8. The van der Waals surface area contributed by atoms with Gasteiger partial charge < -0.3 is 5.32 Å². The number of nitrogens with one attached hydrogen (secondary N) is 2. The lowest BCUT2D eigenvalue weighted by molar-refractivity contribution is -0.114. The molecule has 0 saturated carbocycles. The van der Waals surface area contributed by atoms with Crippen molar-refractivity contribution in [3.8, 4) is 0 Å². The lowest BCUT2D eigenvalue weighted by Crippen LogP contribution is -2.25. The fraction of sp³-hybridized carbons (Fsp3) is 0.462. The standard InChI is InChI=1S/C13H20N2O3S/c1-4-5-8-14-19(17,18)13-9-12(15-11(3)16)7-6-10(13)2/h6-7,9,14H,4-5,8H2,1-3H3,(H,15,16). The maximum Gasteiger partial charge on any atom is 0.240 e. The first-order chi connectivity index (χ1) is 8.86. The first kappa shape index (κ1) is 15.7. The Morgan fingerprint density at radius 3 is 2.58 bits per heavy atom. The first-order valence-corrected chi connectivity index (χ1v) is 7.73. The average Bonchev–Trinajstić information content (AvgIpc) is 2.31. The summed E-state index contributed by atoms with van der Waals surface area (Å²) in [5.41, 5.74) is 1.13. The van der Waals surface area contributed by atoms with Crippen molar-refractivity contribution in [3.05, 3.63) is 23.8 Å². The minimum absolute atomic E-state index is 0.204. The Balaban J connectivity index is 3.00. The van der Waals surface area contributed by atoms with Gasteiger partial charge in [-0.15, -0.1) is 0 Å². The van der Waals surface area contributed by atoms with Gasteiger partial charge in [0.05, 0.1) is 4.90 Å². The molecule has 0 unspecified atom stereocenters. The predicted molar refractivity (Wildman–Crippen MR) is 75.6 cm³/mol. The number of sulfonamides is 1. The highest BCUT2D eigenvalue weighted by Crippen LogP contribution is 2.20. The van der Waals surface area contributed by atoms with E-state index in [1.807, 2.05) is 6.92 Å². The third-order valence-electron chi connectivity index (χ3n) is 2.62. The lowest BCUT2D eigenvalue weighted by atomic mass is 10.2. The first-order valence-electron chi connectivity index (χ1n) is 6.24. The molecule has 0 spiro atoms. The van der Waals surface area contributed by atoms with Gasteiger partial charge in [-0.3, -0.25) is 4.79 Å². The maximum atomic E-state index is 12.1. The molecule has 0 aliphatic heterocycles. The van der Waals surface area contributed by atoms with Crippen LogP contribution in [0, 0.1) is 6.92 Å². The second-order valence-electron chi connectivity index (χ2n) is 4.41. The van der Waals surface area contributed by atoms with Crippen LogP contribution in [0.4, 0.5) is 5.69 Å². The SMILES string of the molecule is CCCCNS(=O)(=O)c1cc(NC(C)=O)ccc1C. The van der Waals surface area contributed by atoms with E-state index in [1.54, 1.807) is 19.1 Å². The quantitative estimate of drug-likeness (QED) is 0.785. The molecule has 0 radical (unpaired) electrons. The van der Waals surface area contributed by atoms with Crippen molar-refractivity contribution < 1.29 is 13.2 Å². The van der Waals surface area contributed by atoms with E-state index in [1.165, 1.54) is 13.0 Å². The number of rotatable bonds is 6. The number of carbonyl (C=O) groups is 1. The van der Waals surface area contributed by atoms with Gasteiger partial charge in [0.25, 0.3) is 0 Å². The van der Waals surface area contributed by atoms with Crippen LogP contribution in [0.15, 0.2) is 23.1 Å². The topological polar surface area (TPSA) is 75.3 Å². The van der Waals surface area contributed by atoms with E-state index in [9.17, 15) is 13.2 Å². The minimum atomic E-state index is -3.52. The molecule has 1 aromatic carbocycles. The Bertz CT molecular complexity index is 553. The van der Waals surface area contributed by atoms with Crippen molar-refractivity contribution in [2.75, 3.05) is 11.9 Å². The molecule has 6 heteroatoms. The Morgan fingerprint density at radius 1 is 1.32 bits per heavy atom. The number of carbonyl (C=O) groups excluding carboxylic acids is 1. The highest BCUT2D eigenvalue weighted by atomic mass is 32.2. The minimum Gasteiger partial charge on any atom is -0.326 e. The molecule has 0 saturated heterocycles. The molecule has 5 nitrogen and oxygen atoms in total. The fourth-order valence-corrected chi connectivity index (χ4v) is 2.97. The van der Waals surface area contributed by atoms with Crippen LogP contribution < -0.4 is 10.0 Å². The van der Waals surface area contributed by atoms with Crippen molar-refractivity contribution in [2.24, 2.45) is 0 Å². The molecule has 0 bridgehead atoms. The monoisotopic (exact) mass is 284 g/mol. The predicted octanol–water partition coefficient (Wildman–Crippen LogP) is 2.03. The zero-order valence-electron chi connectivity index (χ0n) is 11.5. The van der Waals surface area contributed by atoms with Crippen molar-refractivity contribution in [3.63, 3.8) is 0 Å². The molecule has 19 heavy (non-hydrogen) atoms. The number of anilines is 1. The van der Waals surface area contributed by atoms with Crippen LogP contribution in [-0.2, 0) is 14.8 Å². The lowest BCUT2D eigenvalue weighted by Gasteiger charge is -2.11. The Labute approximate surface area is 114 Å². The van der Waals surface area contributed by atoms with Crippen molar-refractivity contribution in [2.45, 2.75) is 38.5 Å². The van der Waals surface area contributed by atoms with E-state index in [0.29, 0.717) is 17.8 Å². The molecule has 0 atom stereocenters. The van der Waals surface area contributed by atoms with Crippen molar-refractivity contribution >= 4 is 21.6 Å². The highest BCUT2D eigenvalue weighted by Gasteiger charge is 2.16. The summed E-state index contributed by atoms with van der Waals surface area (Å²) in [6.07, 6.45) is 1.72. The summed E-state index contributed by atoms with van der Waals surface area (Å²) >= 11 is 0. The van der Waals surface area contributed by atoms with Gasteiger partial charge in [0, 0.05) is 19.2 Å². The third kappa shape index (κ3) is 4.65. The number of aryl methyl sites for hydroxylation is 1. The number of hydrogen-bond acceptors (Lipinski definition) is 3. The molecule has 0 aromatic heterocycles. The van der Waals surface area contributed by atoms with Crippen molar-refractivity contribution in [1.82, 2.24) is 4.72 Å². The highest BCUT2D eigenvalue weighted by molar-refractivity contribution is 7.89. The third-order valence-corrected chi connectivity index (χ3v) is 4.22. The Hall–Kier alpha value is -1.40. The second-order valence-corrected chi connectivity index (χ2v) is 6.15. The van der Waals surface area contributed by atoms with Crippen LogP contribution in [-0.4, -0.2) is 20.9 Å². The normalized spacial score (nSPS) is 11.3. The van der Waals surface area contributed by atoms with Gasteiger partial charge in [-0.05, 0) is 31.0 Å². The molecule has 106 valence electrons. The molecule has 1 aromatic rings. The van der Waals surface area contributed by atoms with Crippen LogP contribution >= 0.6 is 0 Å². The number of amides is 1. The average molecular weight is 284 g/mol. The second kappa shape index (κ2) is 6.68. The molecule has 0 aliphatic rings. The van der Waals surface area contributed by atoms with E-state index in [4.69, 9.17) is 0 Å². The smallest absolute Gasteiger partial charge is 0.240 e. The number of benzene rings is 1. The Morgan fingerprint density at radius 2 is 2.00 bits per heavy atom. The molecular weight excluding hydrogens is 264 g/mol. The molecule has 0 aliphatic carbocycles. The molecule has 0 fully saturated rings. The summed E-state index contributed by atoms with van der Waals surface area (Å²) in [4.78, 5) is 11.2. The van der Waals surface area contributed by atoms with Crippen LogP contribution in [0.2, 0.25) is 0 Å². The summed E-state index contributed by atoms with van der Waals surface area (Å²) in [6.45, 7) is 5.53. The van der Waals surface area contributed by atoms with Gasteiger partial charge >= 0.3 is 0 Å². The van der Waals surface area contributed by atoms with Crippen LogP contribution in [0.25, 0.3) is 0 Å². The van der Waals surface area contributed by atoms with Gasteiger partial charge in [0.15, 0.2) is 0 Å². The van der Waals surface area contributed by atoms with Gasteiger partial charge in [0.1, 0.15) is 0 Å². The van der Waals surface area contributed by atoms with E-state index in [0.717, 1.165) is 12.8 Å². The molecule has 1 amide bonds. The molecular formula is C13H20N2O3S. The molecule has 2 N–H and O–H groups in total. The van der Waals surface area contributed by atoms with Crippen LogP contribution in [0.1, 0.15) is 32.3 Å². The number of unbranched alkanes of at least 4 members (excludes halogenated alkanes) is 1. The van der Waals surface area contributed by atoms with E-state index in [-0.39, 0.29) is 10.8 Å². The van der Waals surface area contributed by atoms with E-state index < -0.39 is 10.0 Å². The maximum absolute atomic E-state index is 12.1. The largest absolute Gasteiger partial charge is 0.326 e. The molecule has 0 heterocycles. The zero-order chi connectivity index (χ0) is 14.5. The zero-order valence-corrected chi connectivity index (χ0v) is 12.3.